The summed E-state index contributed by atoms with van der Waals surface area (Å²) < 4.78 is 0. The van der Waals surface area contributed by atoms with Crippen molar-refractivity contribution in [2.24, 2.45) is 5.92 Å². The Morgan fingerprint density at radius 1 is 1.05 bits per heavy atom. The molecule has 3 rings (SSSR count). The van der Waals surface area contributed by atoms with Crippen molar-refractivity contribution in [2.45, 2.75) is 44.7 Å². The van der Waals surface area contributed by atoms with Gasteiger partial charge in [-0.3, -0.25) is 4.90 Å². The maximum Gasteiger partial charge on any atom is 0.0234 e. The van der Waals surface area contributed by atoms with E-state index in [0.29, 0.717) is 0 Å². The Balaban J connectivity index is 1.44. The van der Waals surface area contributed by atoms with Gasteiger partial charge in [0, 0.05) is 19.1 Å². The minimum Gasteiger partial charge on any atom is -0.312 e. The summed E-state index contributed by atoms with van der Waals surface area (Å²) in [7, 11) is 0. The van der Waals surface area contributed by atoms with Crippen LogP contribution in [0.15, 0.2) is 30.3 Å². The summed E-state index contributed by atoms with van der Waals surface area (Å²) in [6.07, 6.45) is 7.06. The maximum absolute atomic E-state index is 3.80. The monoisotopic (exact) mass is 258 g/mol. The van der Waals surface area contributed by atoms with Gasteiger partial charge in [-0.25, -0.2) is 0 Å². The number of benzene rings is 1. The molecular formula is C17H26N2. The lowest BCUT2D eigenvalue weighted by Gasteiger charge is -2.35. The van der Waals surface area contributed by atoms with Crippen LogP contribution >= 0.6 is 0 Å². The highest BCUT2D eigenvalue weighted by molar-refractivity contribution is 5.14. The molecule has 104 valence electrons. The van der Waals surface area contributed by atoms with Crippen LogP contribution in [0.25, 0.3) is 0 Å². The summed E-state index contributed by atoms with van der Waals surface area (Å²) in [5.41, 5.74) is 1.45. The predicted octanol–water partition coefficient (Wildman–Crippen LogP) is 3.04. The Morgan fingerprint density at radius 3 is 2.63 bits per heavy atom. The quantitative estimate of drug-likeness (QED) is 0.873. The third-order valence-electron chi connectivity index (χ3n) is 4.67. The second-order valence-corrected chi connectivity index (χ2v) is 6.27. The van der Waals surface area contributed by atoms with E-state index in [0.717, 1.165) is 18.5 Å². The third-order valence-corrected chi connectivity index (χ3v) is 4.67. The van der Waals surface area contributed by atoms with Crippen LogP contribution in [0.3, 0.4) is 0 Å². The molecule has 0 aromatic heterocycles. The van der Waals surface area contributed by atoms with Crippen LogP contribution < -0.4 is 5.32 Å². The molecular weight excluding hydrogens is 232 g/mol. The molecule has 0 amide bonds. The number of piperidine rings is 1. The van der Waals surface area contributed by atoms with E-state index in [1.807, 2.05) is 0 Å². The number of likely N-dealkylation sites (tertiary alicyclic amines) is 1. The Bertz CT molecular complexity index is 372. The lowest BCUT2D eigenvalue weighted by molar-refractivity contribution is 0.173. The standard InChI is InChI=1S/C17H26N2/c1-2-6-16(7-3-1)13-19-11-5-10-17(14-19)18-12-15-8-4-9-15/h1-3,6-7,15,17-18H,4-5,8-14H2/t17-/m1/s1. The third kappa shape index (κ3) is 3.80. The largest absolute Gasteiger partial charge is 0.312 e. The van der Waals surface area contributed by atoms with Gasteiger partial charge in [-0.2, -0.15) is 0 Å². The van der Waals surface area contributed by atoms with Crippen LogP contribution in [-0.4, -0.2) is 30.6 Å². The van der Waals surface area contributed by atoms with E-state index in [1.54, 1.807) is 0 Å². The first-order chi connectivity index (χ1) is 9.40. The zero-order valence-electron chi connectivity index (χ0n) is 11.9. The maximum atomic E-state index is 3.80. The van der Waals surface area contributed by atoms with Gasteiger partial charge in [0.15, 0.2) is 0 Å². The van der Waals surface area contributed by atoms with Crippen molar-refractivity contribution in [1.82, 2.24) is 10.2 Å². The van der Waals surface area contributed by atoms with Crippen molar-refractivity contribution in [1.29, 1.82) is 0 Å². The molecule has 1 aromatic rings. The summed E-state index contributed by atoms with van der Waals surface area (Å²) >= 11 is 0. The van der Waals surface area contributed by atoms with Gasteiger partial charge in [0.2, 0.25) is 0 Å². The van der Waals surface area contributed by atoms with Crippen molar-refractivity contribution >= 4 is 0 Å². The van der Waals surface area contributed by atoms with E-state index in [4.69, 9.17) is 0 Å². The van der Waals surface area contributed by atoms with Gasteiger partial charge in [-0.15, -0.1) is 0 Å². The van der Waals surface area contributed by atoms with E-state index in [9.17, 15) is 0 Å². The van der Waals surface area contributed by atoms with Gasteiger partial charge in [-0.1, -0.05) is 36.8 Å². The smallest absolute Gasteiger partial charge is 0.0234 e. The fourth-order valence-corrected chi connectivity index (χ4v) is 3.24. The molecule has 0 unspecified atom stereocenters. The summed E-state index contributed by atoms with van der Waals surface area (Å²) in [5, 5.41) is 3.80. The lowest BCUT2D eigenvalue weighted by atomic mass is 9.85. The summed E-state index contributed by atoms with van der Waals surface area (Å²) in [4.78, 5) is 2.61. The second-order valence-electron chi connectivity index (χ2n) is 6.27. The molecule has 1 saturated carbocycles. The lowest BCUT2D eigenvalue weighted by Crippen LogP contribution is -2.47. The van der Waals surface area contributed by atoms with E-state index in [2.05, 4.69) is 40.5 Å². The molecule has 2 fully saturated rings. The second kappa shape index (κ2) is 6.53. The van der Waals surface area contributed by atoms with Crippen LogP contribution in [-0.2, 0) is 6.54 Å². The molecule has 0 bridgehead atoms. The Kier molecular flexibility index (Phi) is 4.52. The number of hydrogen-bond donors (Lipinski definition) is 1. The number of hydrogen-bond acceptors (Lipinski definition) is 2. The van der Waals surface area contributed by atoms with Crippen LogP contribution in [0, 0.1) is 5.92 Å². The molecule has 2 aliphatic rings. The van der Waals surface area contributed by atoms with Crippen molar-refractivity contribution in [3.05, 3.63) is 35.9 Å². The molecule has 1 heterocycles. The van der Waals surface area contributed by atoms with Gasteiger partial charge < -0.3 is 5.32 Å². The fourth-order valence-electron chi connectivity index (χ4n) is 3.24. The molecule has 1 aliphatic carbocycles. The van der Waals surface area contributed by atoms with Crippen LogP contribution in [0.5, 0.6) is 0 Å². The molecule has 19 heavy (non-hydrogen) atoms. The van der Waals surface area contributed by atoms with Gasteiger partial charge >= 0.3 is 0 Å². The van der Waals surface area contributed by atoms with E-state index in [1.165, 1.54) is 57.3 Å². The first-order valence-electron chi connectivity index (χ1n) is 7.90. The molecule has 1 aliphatic heterocycles. The summed E-state index contributed by atoms with van der Waals surface area (Å²) in [5.74, 6) is 0.976. The Labute approximate surface area is 117 Å². The highest BCUT2D eigenvalue weighted by Crippen LogP contribution is 2.25. The highest BCUT2D eigenvalue weighted by atomic mass is 15.2. The molecule has 0 spiro atoms. The summed E-state index contributed by atoms with van der Waals surface area (Å²) in [6.45, 7) is 4.85. The van der Waals surface area contributed by atoms with Crippen LogP contribution in [0.2, 0.25) is 0 Å². The molecule has 2 nitrogen and oxygen atoms in total. The van der Waals surface area contributed by atoms with E-state index < -0.39 is 0 Å². The topological polar surface area (TPSA) is 15.3 Å². The molecule has 1 aromatic carbocycles. The Hall–Kier alpha value is -0.860. The molecule has 1 saturated heterocycles. The zero-order chi connectivity index (χ0) is 12.9. The minimum absolute atomic E-state index is 0.720. The average molecular weight is 258 g/mol. The molecule has 1 atom stereocenters. The van der Waals surface area contributed by atoms with Crippen molar-refractivity contribution in [3.8, 4) is 0 Å². The zero-order valence-corrected chi connectivity index (χ0v) is 11.9. The van der Waals surface area contributed by atoms with Crippen LogP contribution in [0.1, 0.15) is 37.7 Å². The average Bonchev–Trinajstić information content (AvgIpc) is 2.39. The van der Waals surface area contributed by atoms with Gasteiger partial charge in [0.05, 0.1) is 0 Å². The minimum atomic E-state index is 0.720. The van der Waals surface area contributed by atoms with Crippen molar-refractivity contribution in [3.63, 3.8) is 0 Å². The molecule has 0 radical (unpaired) electrons. The number of nitrogens with one attached hydrogen (secondary N) is 1. The van der Waals surface area contributed by atoms with E-state index >= 15 is 0 Å². The first-order valence-corrected chi connectivity index (χ1v) is 7.90. The molecule has 2 heteroatoms. The molecule has 1 N–H and O–H groups in total. The number of rotatable bonds is 5. The first kappa shape index (κ1) is 13.1. The van der Waals surface area contributed by atoms with E-state index in [-0.39, 0.29) is 0 Å². The predicted molar refractivity (Wildman–Crippen MR) is 80.1 cm³/mol. The van der Waals surface area contributed by atoms with Gasteiger partial charge in [0.1, 0.15) is 0 Å². The van der Waals surface area contributed by atoms with Crippen LogP contribution in [0.4, 0.5) is 0 Å². The number of nitrogens with zero attached hydrogens (tertiary/aromatic N) is 1. The summed E-state index contributed by atoms with van der Waals surface area (Å²) in [6, 6.07) is 11.6. The van der Waals surface area contributed by atoms with Gasteiger partial charge in [0.25, 0.3) is 0 Å². The van der Waals surface area contributed by atoms with Crippen molar-refractivity contribution < 1.29 is 0 Å². The Morgan fingerprint density at radius 2 is 1.89 bits per heavy atom. The SMILES string of the molecule is c1ccc(CN2CCC[C@@H](NCC3CCC3)C2)cc1. The fraction of sp³-hybridized carbons (Fsp3) is 0.647. The normalized spacial score (nSPS) is 25.2. The highest BCUT2D eigenvalue weighted by Gasteiger charge is 2.22. The van der Waals surface area contributed by atoms with Crippen molar-refractivity contribution in [2.75, 3.05) is 19.6 Å². The van der Waals surface area contributed by atoms with Gasteiger partial charge in [-0.05, 0) is 50.3 Å².